The Kier molecular flexibility index (Phi) is 6.36. The first-order valence-corrected chi connectivity index (χ1v) is 8.17. The Morgan fingerprint density at radius 1 is 0.941 bits per heavy atom. The molecule has 0 aromatic carbocycles. The van der Waals surface area contributed by atoms with Gasteiger partial charge in [-0.25, -0.2) is 9.34 Å². The molecule has 0 bridgehead atoms. The Labute approximate surface area is 108 Å². The van der Waals surface area contributed by atoms with Gasteiger partial charge in [-0.3, -0.25) is 0 Å². The molecule has 1 heterocycles. The number of rotatable bonds is 6. The SMILES string of the molecule is CCC(C)N1CCN(C(C)CC)P1OC(C)C. The molecule has 0 amide bonds. The number of hydrogen-bond acceptors (Lipinski definition) is 3. The van der Waals surface area contributed by atoms with Crippen LogP contribution in [0, 0.1) is 0 Å². The molecule has 1 saturated heterocycles. The van der Waals surface area contributed by atoms with Gasteiger partial charge in [-0.05, 0) is 40.5 Å². The van der Waals surface area contributed by atoms with Crippen LogP contribution >= 0.6 is 8.45 Å². The van der Waals surface area contributed by atoms with Crippen LogP contribution in [0.25, 0.3) is 0 Å². The lowest BCUT2D eigenvalue weighted by Gasteiger charge is -2.35. The van der Waals surface area contributed by atoms with Crippen molar-refractivity contribution in [3.8, 4) is 0 Å². The van der Waals surface area contributed by atoms with Crippen LogP contribution in [0.3, 0.4) is 0 Å². The van der Waals surface area contributed by atoms with Gasteiger partial charge in [0.25, 0.3) is 0 Å². The first-order chi connectivity index (χ1) is 8.01. The molecule has 2 unspecified atom stereocenters. The maximum absolute atomic E-state index is 6.20. The minimum Gasteiger partial charge on any atom is -0.329 e. The summed E-state index contributed by atoms with van der Waals surface area (Å²) >= 11 is 0. The highest BCUT2D eigenvalue weighted by Gasteiger charge is 2.38. The molecule has 0 radical (unpaired) electrons. The van der Waals surface area contributed by atoms with E-state index in [0.29, 0.717) is 18.2 Å². The maximum atomic E-state index is 6.20. The zero-order valence-corrected chi connectivity index (χ0v) is 13.2. The van der Waals surface area contributed by atoms with E-state index in [0.717, 1.165) is 13.1 Å². The minimum absolute atomic E-state index is 0.317. The van der Waals surface area contributed by atoms with Crippen LogP contribution in [0.1, 0.15) is 54.4 Å². The molecular formula is C13H29N2OP. The third-order valence-corrected chi connectivity index (χ3v) is 6.18. The predicted molar refractivity (Wildman–Crippen MR) is 76.1 cm³/mol. The molecule has 0 saturated carbocycles. The van der Waals surface area contributed by atoms with Gasteiger partial charge in [0.1, 0.15) is 0 Å². The summed E-state index contributed by atoms with van der Waals surface area (Å²) in [6.07, 6.45) is 2.72. The zero-order valence-electron chi connectivity index (χ0n) is 12.3. The van der Waals surface area contributed by atoms with E-state index in [2.05, 4.69) is 50.9 Å². The van der Waals surface area contributed by atoms with E-state index in [4.69, 9.17) is 4.52 Å². The lowest BCUT2D eigenvalue weighted by molar-refractivity contribution is 0.216. The Morgan fingerprint density at radius 3 is 1.65 bits per heavy atom. The summed E-state index contributed by atoms with van der Waals surface area (Å²) in [6, 6.07) is 1.27. The Bertz CT molecular complexity index is 207. The van der Waals surface area contributed by atoms with E-state index in [-0.39, 0.29) is 0 Å². The van der Waals surface area contributed by atoms with Crippen LogP contribution in [0.2, 0.25) is 0 Å². The minimum atomic E-state index is -0.535. The third-order valence-electron chi connectivity index (χ3n) is 3.50. The molecule has 1 aliphatic rings. The molecule has 1 rings (SSSR count). The van der Waals surface area contributed by atoms with E-state index in [9.17, 15) is 0 Å². The van der Waals surface area contributed by atoms with E-state index in [1.54, 1.807) is 0 Å². The number of hydrogen-bond donors (Lipinski definition) is 0. The van der Waals surface area contributed by atoms with Gasteiger partial charge >= 0.3 is 0 Å². The van der Waals surface area contributed by atoms with Crippen LogP contribution in [-0.4, -0.2) is 40.6 Å². The standard InChI is InChI=1S/C13H29N2OP/c1-7-12(5)14-9-10-15(13(6)8-2)17(14)16-11(3)4/h11-13H,7-10H2,1-6H3. The quantitative estimate of drug-likeness (QED) is 0.675. The summed E-state index contributed by atoms with van der Waals surface area (Å²) in [5.74, 6) is 0. The van der Waals surface area contributed by atoms with Gasteiger partial charge in [0, 0.05) is 25.2 Å². The van der Waals surface area contributed by atoms with Crippen LogP contribution in [0.15, 0.2) is 0 Å². The van der Waals surface area contributed by atoms with E-state index in [1.165, 1.54) is 12.8 Å². The zero-order chi connectivity index (χ0) is 13.0. The van der Waals surface area contributed by atoms with Crippen molar-refractivity contribution >= 4 is 8.45 Å². The molecule has 0 N–H and O–H groups in total. The fourth-order valence-electron chi connectivity index (χ4n) is 2.03. The molecule has 0 aromatic heterocycles. The second-order valence-corrected chi connectivity index (χ2v) is 6.99. The third kappa shape index (κ3) is 3.89. The second kappa shape index (κ2) is 7.04. The fraction of sp³-hybridized carbons (Fsp3) is 1.00. The van der Waals surface area contributed by atoms with Crippen molar-refractivity contribution in [2.75, 3.05) is 13.1 Å². The molecule has 102 valence electrons. The molecule has 0 aliphatic carbocycles. The van der Waals surface area contributed by atoms with Gasteiger partial charge in [0.2, 0.25) is 0 Å². The largest absolute Gasteiger partial charge is 0.329 e. The first kappa shape index (κ1) is 15.4. The van der Waals surface area contributed by atoms with Crippen LogP contribution in [-0.2, 0) is 4.52 Å². The van der Waals surface area contributed by atoms with Crippen LogP contribution in [0.4, 0.5) is 0 Å². The van der Waals surface area contributed by atoms with E-state index >= 15 is 0 Å². The Hall–Kier alpha value is 0.310. The average molecular weight is 260 g/mol. The average Bonchev–Trinajstić information content (AvgIpc) is 2.70. The maximum Gasteiger partial charge on any atom is 0.188 e. The predicted octanol–water partition coefficient (Wildman–Crippen LogP) is 3.85. The summed E-state index contributed by atoms with van der Waals surface area (Å²) in [4.78, 5) is 0. The molecule has 3 nitrogen and oxygen atoms in total. The molecule has 1 fully saturated rings. The smallest absolute Gasteiger partial charge is 0.188 e. The fourth-order valence-corrected chi connectivity index (χ4v) is 4.47. The monoisotopic (exact) mass is 260 g/mol. The van der Waals surface area contributed by atoms with E-state index in [1.807, 2.05) is 0 Å². The summed E-state index contributed by atoms with van der Waals surface area (Å²) < 4.78 is 11.3. The second-order valence-electron chi connectivity index (χ2n) is 5.25. The van der Waals surface area contributed by atoms with Crippen molar-refractivity contribution < 1.29 is 4.52 Å². The molecular weight excluding hydrogens is 231 g/mol. The molecule has 2 atom stereocenters. The van der Waals surface area contributed by atoms with Crippen LogP contribution < -0.4 is 0 Å². The summed E-state index contributed by atoms with van der Waals surface area (Å²) in [7, 11) is -0.535. The van der Waals surface area contributed by atoms with Gasteiger partial charge < -0.3 is 4.52 Å². The summed E-state index contributed by atoms with van der Waals surface area (Å²) in [6.45, 7) is 15.8. The van der Waals surface area contributed by atoms with Gasteiger partial charge in [0.05, 0.1) is 6.10 Å². The van der Waals surface area contributed by atoms with Crippen molar-refractivity contribution in [1.82, 2.24) is 9.34 Å². The molecule has 1 aliphatic heterocycles. The Morgan fingerprint density at radius 2 is 1.35 bits per heavy atom. The van der Waals surface area contributed by atoms with Crippen molar-refractivity contribution in [3.63, 3.8) is 0 Å². The number of nitrogens with zero attached hydrogens (tertiary/aromatic N) is 2. The lowest BCUT2D eigenvalue weighted by atomic mass is 10.2. The Balaban J connectivity index is 2.73. The highest BCUT2D eigenvalue weighted by Crippen LogP contribution is 2.53. The summed E-state index contributed by atoms with van der Waals surface area (Å²) in [5.41, 5.74) is 0. The molecule has 0 aromatic rings. The first-order valence-electron chi connectivity index (χ1n) is 7.01. The van der Waals surface area contributed by atoms with Crippen molar-refractivity contribution in [2.45, 2.75) is 72.6 Å². The summed E-state index contributed by atoms with van der Waals surface area (Å²) in [5, 5.41) is 0. The molecule has 17 heavy (non-hydrogen) atoms. The van der Waals surface area contributed by atoms with Gasteiger partial charge in [0.15, 0.2) is 8.45 Å². The topological polar surface area (TPSA) is 15.7 Å². The van der Waals surface area contributed by atoms with E-state index < -0.39 is 8.45 Å². The normalized spacial score (nSPS) is 26.6. The van der Waals surface area contributed by atoms with Crippen molar-refractivity contribution in [3.05, 3.63) is 0 Å². The van der Waals surface area contributed by atoms with Gasteiger partial charge in [-0.2, -0.15) is 0 Å². The highest BCUT2D eigenvalue weighted by atomic mass is 31.2. The van der Waals surface area contributed by atoms with Crippen molar-refractivity contribution in [2.24, 2.45) is 0 Å². The molecule has 0 spiro atoms. The van der Waals surface area contributed by atoms with Gasteiger partial charge in [-0.15, -0.1) is 0 Å². The molecule has 4 heteroatoms. The van der Waals surface area contributed by atoms with Crippen molar-refractivity contribution in [1.29, 1.82) is 0 Å². The van der Waals surface area contributed by atoms with Crippen LogP contribution in [0.5, 0.6) is 0 Å². The highest BCUT2D eigenvalue weighted by molar-refractivity contribution is 7.47. The lowest BCUT2D eigenvalue weighted by Crippen LogP contribution is -2.29. The van der Waals surface area contributed by atoms with Gasteiger partial charge in [-0.1, -0.05) is 13.8 Å².